The van der Waals surface area contributed by atoms with Crippen molar-refractivity contribution in [3.05, 3.63) is 97.2 Å². The first-order chi connectivity index (χ1) is 17.0. The number of amides is 1. The lowest BCUT2D eigenvalue weighted by molar-refractivity contribution is -0.136. The molecule has 0 saturated heterocycles. The van der Waals surface area contributed by atoms with Gasteiger partial charge < -0.3 is 10.2 Å². The molecule has 1 aromatic rings. The van der Waals surface area contributed by atoms with E-state index in [1.54, 1.807) is 18.2 Å². The van der Waals surface area contributed by atoms with Gasteiger partial charge in [0, 0.05) is 11.8 Å². The number of carboxylic acids is 1. The average Bonchev–Trinajstić information content (AvgIpc) is 2.84. The number of hydrogen-bond acceptors (Lipinski definition) is 3. The number of phenolic OH excluding ortho intramolecular Hbond substituents is 1. The fourth-order valence-corrected chi connectivity index (χ4v) is 3.20. The van der Waals surface area contributed by atoms with Gasteiger partial charge in [-0.05, 0) is 37.1 Å². The third kappa shape index (κ3) is 15.8. The number of carbonyl (C=O) groups excluding carboxylic acids is 1. The fraction of sp³-hybridized carbons (Fsp3) is 0.333. The van der Waals surface area contributed by atoms with Crippen molar-refractivity contribution >= 4 is 17.6 Å². The van der Waals surface area contributed by atoms with Gasteiger partial charge in [0.25, 0.3) is 5.91 Å². The van der Waals surface area contributed by atoms with Crippen LogP contribution in [0.15, 0.2) is 97.2 Å². The maximum Gasteiger partial charge on any atom is 0.323 e. The Morgan fingerprint density at radius 2 is 1.26 bits per heavy atom. The van der Waals surface area contributed by atoms with E-state index < -0.39 is 18.4 Å². The summed E-state index contributed by atoms with van der Waals surface area (Å²) >= 11 is 0. The van der Waals surface area contributed by atoms with Crippen molar-refractivity contribution in [2.24, 2.45) is 0 Å². The van der Waals surface area contributed by atoms with E-state index in [-0.39, 0.29) is 5.75 Å². The summed E-state index contributed by atoms with van der Waals surface area (Å²) in [4.78, 5) is 24.6. The minimum atomic E-state index is -1.12. The van der Waals surface area contributed by atoms with Gasteiger partial charge in [0.15, 0.2) is 0 Å². The van der Waals surface area contributed by atoms with Crippen LogP contribution in [0, 0.1) is 0 Å². The minimum Gasteiger partial charge on any atom is -0.508 e. The van der Waals surface area contributed by atoms with Gasteiger partial charge in [0.1, 0.15) is 12.3 Å². The van der Waals surface area contributed by atoms with Crippen LogP contribution >= 0.6 is 0 Å². The number of benzene rings is 1. The summed E-state index contributed by atoms with van der Waals surface area (Å²) in [6.45, 7) is 1.78. The van der Waals surface area contributed by atoms with Crippen LogP contribution in [-0.2, 0) is 9.59 Å². The first kappa shape index (κ1) is 29.4. The number of carbonyl (C=O) groups is 2. The molecule has 0 aliphatic carbocycles. The molecule has 0 aromatic heterocycles. The van der Waals surface area contributed by atoms with Crippen molar-refractivity contribution in [1.82, 2.24) is 0 Å². The summed E-state index contributed by atoms with van der Waals surface area (Å²) in [5, 5.41) is 18.5. The molecule has 0 atom stereocenters. The van der Waals surface area contributed by atoms with Crippen molar-refractivity contribution in [1.29, 1.82) is 0 Å². The number of anilines is 1. The lowest BCUT2D eigenvalue weighted by Crippen LogP contribution is -2.34. The molecule has 0 unspecified atom stereocenters. The molecule has 0 radical (unpaired) electrons. The summed E-state index contributed by atoms with van der Waals surface area (Å²) in [5.41, 5.74) is 0.398. The molecule has 1 aromatic carbocycles. The van der Waals surface area contributed by atoms with Gasteiger partial charge in [-0.25, -0.2) is 0 Å². The number of unbranched alkanes of at least 4 members (excludes halogenated alkanes) is 7. The molecule has 35 heavy (non-hydrogen) atoms. The summed E-state index contributed by atoms with van der Waals surface area (Å²) in [6, 6.07) is 5.80. The Balaban J connectivity index is 2.31. The molecule has 0 aliphatic rings. The molecule has 0 aliphatic heterocycles. The molecule has 0 heterocycles. The van der Waals surface area contributed by atoms with Crippen LogP contribution in [-0.4, -0.2) is 28.6 Å². The van der Waals surface area contributed by atoms with Crippen molar-refractivity contribution in [3.63, 3.8) is 0 Å². The second-order valence-corrected chi connectivity index (χ2v) is 8.07. The zero-order valence-corrected chi connectivity index (χ0v) is 20.8. The van der Waals surface area contributed by atoms with Gasteiger partial charge in [-0.15, -0.1) is 0 Å². The highest BCUT2D eigenvalue weighted by Gasteiger charge is 2.16. The van der Waals surface area contributed by atoms with Crippen LogP contribution in [0.2, 0.25) is 0 Å². The zero-order valence-electron chi connectivity index (χ0n) is 20.8. The van der Waals surface area contributed by atoms with Crippen molar-refractivity contribution in [2.75, 3.05) is 11.4 Å². The van der Waals surface area contributed by atoms with Crippen LogP contribution in [0.1, 0.15) is 58.3 Å². The maximum absolute atomic E-state index is 12.4. The predicted octanol–water partition coefficient (Wildman–Crippen LogP) is 7.29. The van der Waals surface area contributed by atoms with E-state index >= 15 is 0 Å². The van der Waals surface area contributed by atoms with E-state index in [1.807, 2.05) is 36.5 Å². The van der Waals surface area contributed by atoms with Gasteiger partial charge in [0.2, 0.25) is 0 Å². The normalized spacial score (nSPS) is 12.4. The number of carboxylic acid groups (broad SMARTS) is 1. The van der Waals surface area contributed by atoms with Gasteiger partial charge in [-0.2, -0.15) is 0 Å². The van der Waals surface area contributed by atoms with Gasteiger partial charge in [-0.1, -0.05) is 112 Å². The summed E-state index contributed by atoms with van der Waals surface area (Å²) in [5.74, 6) is -1.54. The molecule has 2 N–H and O–H groups in total. The molecule has 0 spiro atoms. The van der Waals surface area contributed by atoms with Gasteiger partial charge >= 0.3 is 5.97 Å². The van der Waals surface area contributed by atoms with Gasteiger partial charge in [0.05, 0.1) is 0 Å². The molecule has 1 rings (SSSR count). The Labute approximate surface area is 210 Å². The van der Waals surface area contributed by atoms with E-state index in [2.05, 4.69) is 19.1 Å². The Kier molecular flexibility index (Phi) is 16.7. The Morgan fingerprint density at radius 1 is 0.743 bits per heavy atom. The molecular weight excluding hydrogens is 438 g/mol. The number of nitrogens with zero attached hydrogens (tertiary/aromatic N) is 1. The van der Waals surface area contributed by atoms with Gasteiger partial charge in [-0.3, -0.25) is 14.5 Å². The highest BCUT2D eigenvalue weighted by atomic mass is 16.4. The first-order valence-corrected chi connectivity index (χ1v) is 12.4. The summed E-state index contributed by atoms with van der Waals surface area (Å²) in [7, 11) is 0. The number of allylic oxidation sites excluding steroid dienone is 11. The lowest BCUT2D eigenvalue weighted by Gasteiger charge is -2.19. The molecule has 5 heteroatoms. The monoisotopic (exact) mass is 477 g/mol. The highest BCUT2D eigenvalue weighted by Crippen LogP contribution is 2.18. The standard InChI is InChI=1S/C30H39NO4/c1-2-3-4-5-6-7-8-9-10-11-12-13-14-15-16-17-18-19-20-21-29(33)31(26-30(34)35)27-22-24-28(32)25-23-27/h10-25,32H,2-9,26H2,1H3,(H,34,35). The van der Waals surface area contributed by atoms with E-state index in [0.717, 1.165) is 11.3 Å². The molecule has 5 nitrogen and oxygen atoms in total. The highest BCUT2D eigenvalue weighted by molar-refractivity contribution is 6.04. The maximum atomic E-state index is 12.4. The van der Waals surface area contributed by atoms with E-state index in [0.29, 0.717) is 5.69 Å². The molecular formula is C30H39NO4. The second kappa shape index (κ2) is 19.8. The molecule has 188 valence electrons. The third-order valence-corrected chi connectivity index (χ3v) is 5.07. The summed E-state index contributed by atoms with van der Waals surface area (Å²) in [6.07, 6.45) is 32.7. The summed E-state index contributed by atoms with van der Waals surface area (Å²) < 4.78 is 0. The number of aliphatic carboxylic acids is 1. The Morgan fingerprint density at radius 3 is 1.83 bits per heavy atom. The second-order valence-electron chi connectivity index (χ2n) is 8.07. The number of phenols is 1. The molecule has 0 saturated carbocycles. The quantitative estimate of drug-likeness (QED) is 0.140. The van der Waals surface area contributed by atoms with Crippen LogP contribution in [0.3, 0.4) is 0 Å². The van der Waals surface area contributed by atoms with Crippen LogP contribution < -0.4 is 4.90 Å². The van der Waals surface area contributed by atoms with Crippen LogP contribution in [0.25, 0.3) is 0 Å². The topological polar surface area (TPSA) is 77.8 Å². The predicted molar refractivity (Wildman–Crippen MR) is 146 cm³/mol. The molecule has 1 amide bonds. The minimum absolute atomic E-state index is 0.0431. The number of hydrogen-bond donors (Lipinski definition) is 2. The van der Waals surface area contributed by atoms with E-state index in [9.17, 15) is 14.7 Å². The van der Waals surface area contributed by atoms with Crippen LogP contribution in [0.5, 0.6) is 5.75 Å². The van der Waals surface area contributed by atoms with Crippen molar-refractivity contribution in [3.8, 4) is 5.75 Å². The SMILES string of the molecule is CCCCCCCCCC=CC=CC=CC=CC=CC=CC(=O)N(CC(=O)O)c1ccc(O)cc1. The molecule has 0 bridgehead atoms. The first-order valence-electron chi connectivity index (χ1n) is 12.4. The van der Waals surface area contributed by atoms with Crippen LogP contribution in [0.4, 0.5) is 5.69 Å². The fourth-order valence-electron chi connectivity index (χ4n) is 3.20. The number of aromatic hydroxyl groups is 1. The Bertz CT molecular complexity index is 905. The third-order valence-electron chi connectivity index (χ3n) is 5.07. The van der Waals surface area contributed by atoms with E-state index in [1.165, 1.54) is 75.3 Å². The average molecular weight is 478 g/mol. The molecule has 0 fully saturated rings. The van der Waals surface area contributed by atoms with Crippen molar-refractivity contribution < 1.29 is 19.8 Å². The number of rotatable bonds is 17. The smallest absolute Gasteiger partial charge is 0.323 e. The van der Waals surface area contributed by atoms with E-state index in [4.69, 9.17) is 5.11 Å². The van der Waals surface area contributed by atoms with Crippen molar-refractivity contribution in [2.45, 2.75) is 58.3 Å². The zero-order chi connectivity index (χ0) is 25.6. The largest absolute Gasteiger partial charge is 0.508 e. The lowest BCUT2D eigenvalue weighted by atomic mass is 10.1. The Hall–Kier alpha value is -3.60.